The number of ketones is 1. The first-order valence-electron chi connectivity index (χ1n) is 7.45. The first-order valence-corrected chi connectivity index (χ1v) is 8.99. The molecule has 3 N–H and O–H groups in total. The van der Waals surface area contributed by atoms with Crippen LogP contribution in [0.15, 0.2) is 36.4 Å². The molecule has 0 radical (unpaired) electrons. The molecule has 0 saturated carbocycles. The van der Waals surface area contributed by atoms with Gasteiger partial charge in [-0.2, -0.15) is 0 Å². The van der Waals surface area contributed by atoms with E-state index >= 15 is 0 Å². The molecule has 0 amide bonds. The summed E-state index contributed by atoms with van der Waals surface area (Å²) in [4.78, 5) is 12.5. The van der Waals surface area contributed by atoms with Crippen LogP contribution in [-0.4, -0.2) is 26.6 Å². The van der Waals surface area contributed by atoms with Crippen molar-refractivity contribution in [3.63, 3.8) is 0 Å². The van der Waals surface area contributed by atoms with Crippen molar-refractivity contribution < 1.29 is 22.3 Å². The molecule has 0 aromatic heterocycles. The summed E-state index contributed by atoms with van der Waals surface area (Å²) in [6.45, 7) is 3.04. The average Bonchev–Trinajstić information content (AvgIpc) is 2.55. The van der Waals surface area contributed by atoms with E-state index in [0.717, 1.165) is 6.07 Å². The van der Waals surface area contributed by atoms with Gasteiger partial charge in [0.25, 0.3) is 0 Å². The van der Waals surface area contributed by atoms with Crippen molar-refractivity contribution in [1.82, 2.24) is 0 Å². The van der Waals surface area contributed by atoms with Gasteiger partial charge in [0, 0.05) is 11.1 Å². The van der Waals surface area contributed by atoms with Gasteiger partial charge in [0.15, 0.2) is 17.3 Å². The highest BCUT2D eigenvalue weighted by atomic mass is 32.2. The molecule has 2 aromatic rings. The zero-order valence-electron chi connectivity index (χ0n) is 14.0. The lowest BCUT2D eigenvalue weighted by atomic mass is 10.0. The maximum atomic E-state index is 13.8. The Balaban J connectivity index is 2.39. The van der Waals surface area contributed by atoms with Gasteiger partial charge in [-0.25, -0.2) is 12.8 Å². The molecule has 0 atom stereocenters. The van der Waals surface area contributed by atoms with Gasteiger partial charge in [0.05, 0.1) is 23.7 Å². The minimum atomic E-state index is -3.61. The van der Waals surface area contributed by atoms with E-state index in [1.807, 2.05) is 0 Å². The van der Waals surface area contributed by atoms with Crippen LogP contribution in [0.3, 0.4) is 0 Å². The molecule has 2 rings (SSSR count). The number of carbonyl (C=O) groups excluding carboxylic acids is 1. The van der Waals surface area contributed by atoms with Crippen LogP contribution in [0.2, 0.25) is 0 Å². The number of halogens is 1. The number of methoxy groups -OCH3 is 1. The summed E-state index contributed by atoms with van der Waals surface area (Å²) in [5, 5.41) is -0.665. The van der Waals surface area contributed by atoms with Crippen molar-refractivity contribution in [2.75, 3.05) is 17.6 Å². The molecule has 0 fully saturated rings. The standard InChI is InChI=1S/C17H19FN2O4S/c1-10(2)25(22,23)20-15-9-12(4-6-14(15)19)17(21)11-5-7-16(24-3)13(18)8-11/h4-10,20H,19H2,1-3H3. The molecule has 0 spiro atoms. The Morgan fingerprint density at radius 3 is 2.32 bits per heavy atom. The molecule has 6 nitrogen and oxygen atoms in total. The lowest BCUT2D eigenvalue weighted by Gasteiger charge is -2.14. The first kappa shape index (κ1) is 18.7. The summed E-state index contributed by atoms with van der Waals surface area (Å²) in [6.07, 6.45) is 0. The molecule has 0 aliphatic carbocycles. The van der Waals surface area contributed by atoms with Gasteiger partial charge < -0.3 is 10.5 Å². The van der Waals surface area contributed by atoms with Crippen LogP contribution in [0.1, 0.15) is 29.8 Å². The quantitative estimate of drug-likeness (QED) is 0.605. The Bertz CT molecular complexity index is 911. The van der Waals surface area contributed by atoms with Gasteiger partial charge in [0.1, 0.15) is 0 Å². The number of sulfonamides is 1. The number of nitrogens with one attached hydrogen (secondary N) is 1. The number of benzene rings is 2. The Morgan fingerprint density at radius 1 is 1.16 bits per heavy atom. The first-order chi connectivity index (χ1) is 11.7. The second-order valence-electron chi connectivity index (χ2n) is 5.68. The highest BCUT2D eigenvalue weighted by Crippen LogP contribution is 2.25. The smallest absolute Gasteiger partial charge is 0.235 e. The normalized spacial score (nSPS) is 11.4. The van der Waals surface area contributed by atoms with Gasteiger partial charge in [-0.3, -0.25) is 9.52 Å². The Labute approximate surface area is 145 Å². The van der Waals surface area contributed by atoms with E-state index in [0.29, 0.717) is 0 Å². The summed E-state index contributed by atoms with van der Waals surface area (Å²) >= 11 is 0. The number of hydrogen-bond acceptors (Lipinski definition) is 5. The van der Waals surface area contributed by atoms with E-state index in [-0.39, 0.29) is 28.3 Å². The van der Waals surface area contributed by atoms with E-state index in [1.54, 1.807) is 0 Å². The monoisotopic (exact) mass is 366 g/mol. The second-order valence-corrected chi connectivity index (χ2v) is 7.91. The van der Waals surface area contributed by atoms with Crippen molar-refractivity contribution in [1.29, 1.82) is 0 Å². The van der Waals surface area contributed by atoms with Gasteiger partial charge in [-0.1, -0.05) is 0 Å². The minimum absolute atomic E-state index is 0.0271. The molecule has 8 heteroatoms. The molecule has 0 saturated heterocycles. The zero-order valence-corrected chi connectivity index (χ0v) is 14.9. The Hall–Kier alpha value is -2.61. The van der Waals surface area contributed by atoms with E-state index in [2.05, 4.69) is 4.72 Å². The van der Waals surface area contributed by atoms with Gasteiger partial charge in [-0.05, 0) is 50.2 Å². The third-order valence-corrected chi connectivity index (χ3v) is 5.35. The number of hydrogen-bond donors (Lipinski definition) is 2. The van der Waals surface area contributed by atoms with Gasteiger partial charge in [0.2, 0.25) is 10.0 Å². The Kier molecular flexibility index (Phi) is 5.32. The lowest BCUT2D eigenvalue weighted by Crippen LogP contribution is -2.23. The largest absolute Gasteiger partial charge is 0.494 e. The van der Waals surface area contributed by atoms with E-state index < -0.39 is 26.9 Å². The highest BCUT2D eigenvalue weighted by Gasteiger charge is 2.19. The zero-order chi connectivity index (χ0) is 18.8. The third-order valence-electron chi connectivity index (χ3n) is 3.60. The molecule has 0 heterocycles. The van der Waals surface area contributed by atoms with Crippen LogP contribution in [0.25, 0.3) is 0 Å². The van der Waals surface area contributed by atoms with Crippen molar-refractivity contribution in [3.05, 3.63) is 53.3 Å². The molecule has 0 aliphatic heterocycles. The highest BCUT2D eigenvalue weighted by molar-refractivity contribution is 7.93. The fourth-order valence-corrected chi connectivity index (χ4v) is 2.75. The van der Waals surface area contributed by atoms with E-state index in [1.165, 1.54) is 51.3 Å². The SMILES string of the molecule is COc1ccc(C(=O)c2ccc(N)c(NS(=O)(=O)C(C)C)c2)cc1F. The maximum absolute atomic E-state index is 13.8. The molecule has 0 bridgehead atoms. The van der Waals surface area contributed by atoms with Crippen molar-refractivity contribution >= 4 is 27.2 Å². The van der Waals surface area contributed by atoms with Crippen molar-refractivity contribution in [3.8, 4) is 5.75 Å². The molecule has 0 aliphatic rings. The topological polar surface area (TPSA) is 98.5 Å². The summed E-state index contributed by atoms with van der Waals surface area (Å²) in [7, 11) is -2.29. The van der Waals surface area contributed by atoms with E-state index in [4.69, 9.17) is 10.5 Å². The minimum Gasteiger partial charge on any atom is -0.494 e. The summed E-state index contributed by atoms with van der Waals surface area (Å²) < 4.78 is 45.0. The van der Waals surface area contributed by atoms with Crippen LogP contribution in [0.5, 0.6) is 5.75 Å². The third kappa shape index (κ3) is 4.08. The number of ether oxygens (including phenoxy) is 1. The van der Waals surface area contributed by atoms with Crippen LogP contribution in [0, 0.1) is 5.82 Å². The van der Waals surface area contributed by atoms with Gasteiger partial charge in [-0.15, -0.1) is 0 Å². The van der Waals surface area contributed by atoms with Crippen molar-refractivity contribution in [2.24, 2.45) is 0 Å². The predicted octanol–water partition coefficient (Wildman–Crippen LogP) is 2.80. The number of anilines is 2. The van der Waals surface area contributed by atoms with Crippen LogP contribution in [0.4, 0.5) is 15.8 Å². The molecule has 134 valence electrons. The second kappa shape index (κ2) is 7.10. The van der Waals surface area contributed by atoms with Crippen molar-refractivity contribution in [2.45, 2.75) is 19.1 Å². The number of nitrogens with two attached hydrogens (primary N) is 1. The summed E-state index contributed by atoms with van der Waals surface area (Å²) in [5.74, 6) is -1.10. The van der Waals surface area contributed by atoms with Crippen LogP contribution < -0.4 is 15.2 Å². The van der Waals surface area contributed by atoms with Crippen LogP contribution >= 0.6 is 0 Å². The van der Waals surface area contributed by atoms with Gasteiger partial charge >= 0.3 is 0 Å². The van der Waals surface area contributed by atoms with Crippen LogP contribution in [-0.2, 0) is 10.0 Å². The average molecular weight is 366 g/mol. The Morgan fingerprint density at radius 2 is 1.76 bits per heavy atom. The molecular weight excluding hydrogens is 347 g/mol. The maximum Gasteiger partial charge on any atom is 0.235 e. The number of rotatable bonds is 6. The molecule has 2 aromatic carbocycles. The fraction of sp³-hybridized carbons (Fsp3) is 0.235. The fourth-order valence-electron chi connectivity index (χ4n) is 2.03. The lowest BCUT2D eigenvalue weighted by molar-refractivity contribution is 0.103. The molecule has 0 unspecified atom stereocenters. The number of nitrogen functional groups attached to an aromatic ring is 1. The number of carbonyl (C=O) groups is 1. The molecule has 25 heavy (non-hydrogen) atoms. The molecular formula is C17H19FN2O4S. The van der Waals surface area contributed by atoms with E-state index in [9.17, 15) is 17.6 Å². The summed E-state index contributed by atoms with van der Waals surface area (Å²) in [6, 6.07) is 8.05. The predicted molar refractivity (Wildman–Crippen MR) is 94.9 cm³/mol. The summed E-state index contributed by atoms with van der Waals surface area (Å²) in [5.41, 5.74) is 6.36.